The number of aliphatic carboxylic acids is 1. The average Bonchev–Trinajstić information content (AvgIpc) is 1.22. The third-order valence-corrected chi connectivity index (χ3v) is 13.2. The standard InChI is InChI=1S/C18H28O14S4Si.C8H12O8Si.2C7H12O5S2.C2H4O2.S2.2U/c1-11(19)30-37(31-12(2)20,28-6-13(29-18(24)10-36)3-25-15(21)7-33)32-14(4-26-16(22)8-34)5-27-17(23)9-35;1-5(9)13-17(14-6(2)10,15-7(3)11)16-8(4)12;8-5(1-11-6(9)3-13)2-12-7(10)4-14;8-1-5(12-7(10)4-14)2-11-6(9)3-13;1-2(3)4;1-2;;/h13-14,33-36H,3-10H2,1-2H3;1-4H3;2*5,8,13-14H,1-4H2;1H3,(H,3,4);;;. The second-order valence-corrected chi connectivity index (χ2v) is 20.8. The Morgan fingerprint density at radius 1 is 0.356 bits per heavy atom. The predicted octanol–water partition coefficient (Wildman–Crippen LogP) is -2.44. The zero-order valence-electron chi connectivity index (χ0n) is 48.5. The van der Waals surface area contributed by atoms with Gasteiger partial charge in [-0.1, -0.05) is 0 Å². The first-order valence-electron chi connectivity index (χ1n) is 23.4. The van der Waals surface area contributed by atoms with Crippen LogP contribution in [0.2, 0.25) is 0 Å². The number of carboxylic acids is 1. The summed E-state index contributed by atoms with van der Waals surface area (Å²) in [5.74, 6) is -13.2. The third-order valence-electron chi connectivity index (χ3n) is 6.80. The Morgan fingerprint density at radius 2 is 0.567 bits per heavy atom. The number of ether oxygens (including phenoxy) is 8. The minimum atomic E-state index is -4.82. The molecule has 0 saturated carbocycles. The fraction of sp³-hybridized carbons (Fsp3) is 0.643. The molecule has 0 aromatic heterocycles. The Labute approximate surface area is 619 Å². The maximum Gasteiger partial charge on any atom is 0.974 e. The van der Waals surface area contributed by atoms with Crippen molar-refractivity contribution in [3.63, 3.8) is 0 Å². The van der Waals surface area contributed by atoms with Crippen LogP contribution < -0.4 is 0 Å². The van der Waals surface area contributed by atoms with Crippen molar-refractivity contribution in [2.75, 3.05) is 98.9 Å². The molecule has 0 aromatic rings. The van der Waals surface area contributed by atoms with Gasteiger partial charge in [-0.2, -0.15) is 101 Å². The molecule has 516 valence electrons. The van der Waals surface area contributed by atoms with E-state index in [0.717, 1.165) is 48.5 Å². The van der Waals surface area contributed by atoms with Crippen molar-refractivity contribution in [3.05, 3.63) is 0 Å². The van der Waals surface area contributed by atoms with Gasteiger partial charge in [0.1, 0.15) is 51.8 Å². The van der Waals surface area contributed by atoms with Crippen LogP contribution >= 0.6 is 101 Å². The van der Waals surface area contributed by atoms with Gasteiger partial charge in [0.15, 0.2) is 12.2 Å². The van der Waals surface area contributed by atoms with Crippen LogP contribution in [0.25, 0.3) is 0 Å². The number of aliphatic hydroxyl groups excluding tert-OH is 2. The molecule has 0 bridgehead atoms. The molecule has 34 nitrogen and oxygen atoms in total. The van der Waals surface area contributed by atoms with Crippen molar-refractivity contribution in [3.8, 4) is 0 Å². The van der Waals surface area contributed by atoms with Crippen molar-refractivity contribution >= 4 is 231 Å². The van der Waals surface area contributed by atoms with Crippen LogP contribution in [0.4, 0.5) is 0 Å². The Kier molecular flexibility index (Phi) is 75.3. The van der Waals surface area contributed by atoms with Gasteiger partial charge >= 0.3 is 65.9 Å². The fourth-order valence-corrected chi connectivity index (χ4v) is 8.31. The molecule has 2 atom stereocenters. The van der Waals surface area contributed by atoms with E-state index in [9.17, 15) is 67.1 Å². The number of esters is 8. The Hall–Kier alpha value is -2.33. The molecule has 0 aliphatic heterocycles. The summed E-state index contributed by atoms with van der Waals surface area (Å²) in [6, 6.07) is 0. The van der Waals surface area contributed by atoms with Crippen LogP contribution in [0.15, 0.2) is 0 Å². The van der Waals surface area contributed by atoms with E-state index in [0.29, 0.717) is 0 Å². The number of carbonyl (C=O) groups excluding carboxylic acids is 14. The summed E-state index contributed by atoms with van der Waals surface area (Å²) in [5.41, 5.74) is 0. The van der Waals surface area contributed by atoms with Crippen LogP contribution in [0.1, 0.15) is 48.5 Å². The molecule has 0 radical (unpaired) electrons. The van der Waals surface area contributed by atoms with E-state index in [1.165, 1.54) is 0 Å². The van der Waals surface area contributed by atoms with E-state index in [-0.39, 0.29) is 128 Å². The minimum absolute atomic E-state index is 0. The summed E-state index contributed by atoms with van der Waals surface area (Å²) >= 11 is 37.1. The molecule has 3 N–H and O–H groups in total. The van der Waals surface area contributed by atoms with Crippen LogP contribution in [-0.4, -0.2) is 246 Å². The average molecular weight is 1970 g/mol. The topological polar surface area (TPSA) is 464 Å². The number of hydrogen-bond acceptors (Lipinski definition) is 43. The van der Waals surface area contributed by atoms with Gasteiger partial charge in [-0.05, 0) is 0 Å². The number of thiol groups is 8. The number of carbonyl (C=O) groups is 15. The van der Waals surface area contributed by atoms with Gasteiger partial charge in [-0.3, -0.25) is 71.9 Å². The predicted molar refractivity (Wildman–Crippen MR) is 330 cm³/mol. The fourth-order valence-electron chi connectivity index (χ4n) is 3.99. The SMILES string of the molecule is CC(=O)O.CC(=O)O[Si](OC(C)=O)(OC(C)=O)OC(C)=O.CC(=O)O[Si](OCC(COC(=O)CS)OC(=O)CS)(OC(C)=O)OC(COC(=O)CS)COC(=O)CS.O=C(CS)OCC(CO)OC(=O)CS.O=C(CS)OCC(O)COC(=O)CS.S=S.[U].[U]. The van der Waals surface area contributed by atoms with E-state index in [1.807, 2.05) is 0 Å². The first-order chi connectivity index (χ1) is 41.0. The van der Waals surface area contributed by atoms with Gasteiger partial charge in [0.25, 0.3) is 41.8 Å². The molecule has 0 rings (SSSR count). The van der Waals surface area contributed by atoms with Crippen molar-refractivity contribution in [2.45, 2.75) is 72.9 Å². The Bertz CT molecular complexity index is 2070. The molecule has 48 heteroatoms. The molecule has 0 heterocycles. The summed E-state index contributed by atoms with van der Waals surface area (Å²) in [5, 5.41) is 25.3. The normalized spacial score (nSPS) is 10.5. The number of aliphatic hydroxyl groups is 2. The summed E-state index contributed by atoms with van der Waals surface area (Å²) < 4.78 is 77.7. The van der Waals surface area contributed by atoms with Gasteiger partial charge in [-0.25, -0.2) is 0 Å². The molecule has 0 aliphatic carbocycles. The third kappa shape index (κ3) is 68.5. The number of carboxylic acid groups (broad SMARTS) is 1. The van der Waals surface area contributed by atoms with Crippen molar-refractivity contribution in [1.82, 2.24) is 0 Å². The Morgan fingerprint density at radius 3 is 0.800 bits per heavy atom. The molecule has 0 fully saturated rings. The van der Waals surface area contributed by atoms with E-state index < -0.39 is 165 Å². The largest absolute Gasteiger partial charge is 0.974 e. The molecule has 2 unspecified atom stereocenters. The maximum atomic E-state index is 11.9. The monoisotopic (exact) mass is 1970 g/mol. The molecule has 0 aliphatic rings. The van der Waals surface area contributed by atoms with Crippen LogP contribution in [0.3, 0.4) is 0 Å². The summed E-state index contributed by atoms with van der Waals surface area (Å²) in [6.07, 6.45) is -4.49. The van der Waals surface area contributed by atoms with Crippen LogP contribution in [-0.2, 0) is 168 Å². The molecular weight excluding hydrogens is 1900 g/mol. The Balaban J connectivity index is -0.000000176. The van der Waals surface area contributed by atoms with Gasteiger partial charge < -0.3 is 88.6 Å². The van der Waals surface area contributed by atoms with Gasteiger partial charge in [0.2, 0.25) is 0 Å². The second-order valence-electron chi connectivity index (χ2n) is 14.6. The molecule has 0 spiro atoms. The smallest absolute Gasteiger partial charge is 0.481 e. The van der Waals surface area contributed by atoms with E-state index in [4.69, 9.17) is 56.8 Å². The van der Waals surface area contributed by atoms with Crippen LogP contribution in [0.5, 0.6) is 0 Å². The number of rotatable bonds is 34. The number of hydrogen-bond donors (Lipinski definition) is 11. The maximum absolute atomic E-state index is 11.9. The van der Waals surface area contributed by atoms with Crippen molar-refractivity contribution in [2.24, 2.45) is 0 Å². The minimum Gasteiger partial charge on any atom is -0.481 e. The first-order valence-corrected chi connectivity index (χ1v) is 33.0. The molecule has 0 amide bonds. The van der Waals surface area contributed by atoms with E-state index in [2.05, 4.69) is 160 Å². The molecule has 0 aromatic carbocycles. The van der Waals surface area contributed by atoms with Gasteiger partial charge in [-0.15, -0.1) is 0 Å². The first kappa shape index (κ1) is 104. The molecule has 0 saturated heterocycles. The summed E-state index contributed by atoms with van der Waals surface area (Å²) in [6.45, 7) is 3.66. The quantitative estimate of drug-likeness (QED) is 0.0138. The molecule has 90 heavy (non-hydrogen) atoms. The van der Waals surface area contributed by atoms with Crippen molar-refractivity contribution in [1.29, 1.82) is 0 Å². The zero-order chi connectivity index (χ0) is 69.6. The van der Waals surface area contributed by atoms with Gasteiger partial charge in [0.05, 0.1) is 59.2 Å². The van der Waals surface area contributed by atoms with E-state index in [1.54, 1.807) is 0 Å². The van der Waals surface area contributed by atoms with E-state index >= 15 is 0 Å². The summed E-state index contributed by atoms with van der Waals surface area (Å²) in [7, 11) is -9.27. The summed E-state index contributed by atoms with van der Waals surface area (Å²) in [4.78, 5) is 165. The van der Waals surface area contributed by atoms with Crippen LogP contribution in [0, 0.1) is 62.2 Å². The van der Waals surface area contributed by atoms with Crippen molar-refractivity contribution < 1.29 is 223 Å². The van der Waals surface area contributed by atoms with Gasteiger partial charge in [0, 0.05) is 133 Å². The zero-order valence-corrected chi connectivity index (χ0v) is 67.6. The second kappa shape index (κ2) is 65.3. The molecular formula is C42H68O34S10Si2U2.